The summed E-state index contributed by atoms with van der Waals surface area (Å²) in [5, 5.41) is 0. The van der Waals surface area contributed by atoms with E-state index in [2.05, 4.69) is 32.6 Å². The van der Waals surface area contributed by atoms with Crippen LogP contribution in [-0.2, 0) is 17.7 Å². The molecule has 2 rings (SSSR count). The van der Waals surface area contributed by atoms with Gasteiger partial charge in [0.25, 0.3) is 0 Å². The molecule has 1 aromatic rings. The standard InChI is InChI=1S/C17H26N2O2/c1-6-21-17(20)14-9-13-10-19(12(4)5)8-7-15(13)18-16(14)11(2)3/h9,11-12H,6-8,10H2,1-5H3. The molecule has 1 aliphatic rings. The SMILES string of the molecule is CCOC(=O)c1cc2c(nc1C(C)C)CCN(C(C)C)C2. The van der Waals surface area contributed by atoms with Gasteiger partial charge in [-0.3, -0.25) is 9.88 Å². The number of hydrogen-bond acceptors (Lipinski definition) is 4. The number of carbonyl (C=O) groups is 1. The van der Waals surface area contributed by atoms with E-state index in [9.17, 15) is 4.79 Å². The highest BCUT2D eigenvalue weighted by molar-refractivity contribution is 5.91. The largest absolute Gasteiger partial charge is 0.462 e. The number of fused-ring (bicyclic) bond motifs is 1. The van der Waals surface area contributed by atoms with Crippen LogP contribution in [0.1, 0.15) is 67.8 Å². The average Bonchev–Trinajstić information content (AvgIpc) is 2.45. The van der Waals surface area contributed by atoms with Gasteiger partial charge in [0.2, 0.25) is 0 Å². The van der Waals surface area contributed by atoms with Crippen LogP contribution in [0.25, 0.3) is 0 Å². The summed E-state index contributed by atoms with van der Waals surface area (Å²) in [6.07, 6.45) is 0.955. The Kier molecular flexibility index (Phi) is 4.99. The molecule has 0 saturated heterocycles. The number of nitrogens with zero attached hydrogens (tertiary/aromatic N) is 2. The lowest BCUT2D eigenvalue weighted by molar-refractivity contribution is 0.0523. The first kappa shape index (κ1) is 16.0. The highest BCUT2D eigenvalue weighted by Gasteiger charge is 2.24. The Bertz CT molecular complexity index is 524. The summed E-state index contributed by atoms with van der Waals surface area (Å²) in [4.78, 5) is 19.4. The number of carbonyl (C=O) groups excluding carboxylic acids is 1. The highest BCUT2D eigenvalue weighted by Crippen LogP contribution is 2.26. The molecular formula is C17H26N2O2. The molecule has 0 amide bonds. The number of pyridine rings is 1. The van der Waals surface area contributed by atoms with Gasteiger partial charge in [0.15, 0.2) is 0 Å². The Hall–Kier alpha value is -1.42. The lowest BCUT2D eigenvalue weighted by Crippen LogP contribution is -2.36. The van der Waals surface area contributed by atoms with Gasteiger partial charge in [-0.2, -0.15) is 0 Å². The lowest BCUT2D eigenvalue weighted by Gasteiger charge is -2.32. The van der Waals surface area contributed by atoms with E-state index < -0.39 is 0 Å². The van der Waals surface area contributed by atoms with Gasteiger partial charge in [-0.05, 0) is 38.3 Å². The number of hydrogen-bond donors (Lipinski definition) is 0. The van der Waals surface area contributed by atoms with Crippen molar-refractivity contribution in [1.82, 2.24) is 9.88 Å². The molecule has 0 atom stereocenters. The van der Waals surface area contributed by atoms with E-state index in [-0.39, 0.29) is 11.9 Å². The van der Waals surface area contributed by atoms with E-state index in [0.29, 0.717) is 18.2 Å². The van der Waals surface area contributed by atoms with Crippen LogP contribution in [0.3, 0.4) is 0 Å². The zero-order valence-corrected chi connectivity index (χ0v) is 13.8. The van der Waals surface area contributed by atoms with Gasteiger partial charge in [-0.25, -0.2) is 4.79 Å². The summed E-state index contributed by atoms with van der Waals surface area (Å²) in [6.45, 7) is 12.7. The van der Waals surface area contributed by atoms with Gasteiger partial charge in [-0.1, -0.05) is 13.8 Å². The van der Waals surface area contributed by atoms with Gasteiger partial charge < -0.3 is 4.74 Å². The minimum absolute atomic E-state index is 0.220. The summed E-state index contributed by atoms with van der Waals surface area (Å²) < 4.78 is 5.19. The molecule has 0 N–H and O–H groups in total. The Morgan fingerprint density at radius 2 is 2.10 bits per heavy atom. The molecule has 2 heterocycles. The van der Waals surface area contributed by atoms with Crippen LogP contribution in [0.5, 0.6) is 0 Å². The minimum atomic E-state index is -0.252. The van der Waals surface area contributed by atoms with Crippen molar-refractivity contribution in [2.45, 2.75) is 59.5 Å². The predicted octanol–water partition coefficient (Wildman–Crippen LogP) is 3.15. The van der Waals surface area contributed by atoms with E-state index in [4.69, 9.17) is 9.72 Å². The van der Waals surface area contributed by atoms with Crippen LogP contribution in [0.2, 0.25) is 0 Å². The Morgan fingerprint density at radius 1 is 1.38 bits per heavy atom. The maximum absolute atomic E-state index is 12.2. The van der Waals surface area contributed by atoms with Crippen LogP contribution >= 0.6 is 0 Å². The Labute approximate surface area is 127 Å². The van der Waals surface area contributed by atoms with E-state index >= 15 is 0 Å². The van der Waals surface area contributed by atoms with Gasteiger partial charge in [-0.15, -0.1) is 0 Å². The number of ether oxygens (including phenoxy) is 1. The highest BCUT2D eigenvalue weighted by atomic mass is 16.5. The fraction of sp³-hybridized carbons (Fsp3) is 0.647. The van der Waals surface area contributed by atoms with Crippen molar-refractivity contribution in [3.63, 3.8) is 0 Å². The van der Waals surface area contributed by atoms with Crippen molar-refractivity contribution in [3.8, 4) is 0 Å². The van der Waals surface area contributed by atoms with Gasteiger partial charge in [0.05, 0.1) is 17.9 Å². The fourth-order valence-electron chi connectivity index (χ4n) is 2.76. The van der Waals surface area contributed by atoms with Gasteiger partial charge >= 0.3 is 5.97 Å². The lowest BCUT2D eigenvalue weighted by atomic mass is 9.96. The third kappa shape index (κ3) is 3.43. The maximum Gasteiger partial charge on any atom is 0.339 e. The molecule has 0 aliphatic carbocycles. The zero-order valence-electron chi connectivity index (χ0n) is 13.8. The molecule has 4 heteroatoms. The normalized spacial score (nSPS) is 15.4. The smallest absolute Gasteiger partial charge is 0.339 e. The predicted molar refractivity (Wildman–Crippen MR) is 83.5 cm³/mol. The summed E-state index contributed by atoms with van der Waals surface area (Å²) in [6, 6.07) is 2.51. The van der Waals surface area contributed by atoms with Crippen LogP contribution in [0.4, 0.5) is 0 Å². The summed E-state index contributed by atoms with van der Waals surface area (Å²) in [5.41, 5.74) is 3.81. The second-order valence-electron chi connectivity index (χ2n) is 6.22. The van der Waals surface area contributed by atoms with Crippen molar-refractivity contribution < 1.29 is 9.53 Å². The summed E-state index contributed by atoms with van der Waals surface area (Å²) in [5.74, 6) is -0.0315. The summed E-state index contributed by atoms with van der Waals surface area (Å²) in [7, 11) is 0. The fourth-order valence-corrected chi connectivity index (χ4v) is 2.76. The quantitative estimate of drug-likeness (QED) is 0.799. The molecule has 0 radical (unpaired) electrons. The van der Waals surface area contributed by atoms with Crippen molar-refractivity contribution in [2.24, 2.45) is 0 Å². The van der Waals surface area contributed by atoms with Crippen LogP contribution in [0.15, 0.2) is 6.07 Å². The van der Waals surface area contributed by atoms with E-state index in [1.807, 2.05) is 13.0 Å². The molecule has 0 saturated carbocycles. The molecule has 0 unspecified atom stereocenters. The van der Waals surface area contributed by atoms with Crippen LogP contribution in [0, 0.1) is 0 Å². The van der Waals surface area contributed by atoms with Crippen LogP contribution in [-0.4, -0.2) is 35.0 Å². The van der Waals surface area contributed by atoms with Gasteiger partial charge in [0.1, 0.15) is 0 Å². The van der Waals surface area contributed by atoms with Crippen molar-refractivity contribution in [3.05, 3.63) is 28.6 Å². The third-order valence-electron chi connectivity index (χ3n) is 4.00. The first-order chi connectivity index (χ1) is 9.93. The Morgan fingerprint density at radius 3 is 2.67 bits per heavy atom. The molecule has 0 spiro atoms. The summed E-state index contributed by atoms with van der Waals surface area (Å²) >= 11 is 0. The molecule has 116 valence electrons. The molecule has 1 aliphatic heterocycles. The molecule has 0 aromatic carbocycles. The molecule has 21 heavy (non-hydrogen) atoms. The maximum atomic E-state index is 12.2. The monoisotopic (exact) mass is 290 g/mol. The molecule has 1 aromatic heterocycles. The number of rotatable bonds is 4. The van der Waals surface area contributed by atoms with Crippen LogP contribution < -0.4 is 0 Å². The van der Waals surface area contributed by atoms with E-state index in [1.54, 1.807) is 0 Å². The van der Waals surface area contributed by atoms with Crippen molar-refractivity contribution in [2.75, 3.05) is 13.2 Å². The van der Waals surface area contributed by atoms with E-state index in [0.717, 1.165) is 30.9 Å². The van der Waals surface area contributed by atoms with Crippen molar-refractivity contribution >= 4 is 5.97 Å². The molecule has 0 bridgehead atoms. The van der Waals surface area contributed by atoms with Crippen molar-refractivity contribution in [1.29, 1.82) is 0 Å². The molecular weight excluding hydrogens is 264 g/mol. The second kappa shape index (κ2) is 6.56. The average molecular weight is 290 g/mol. The first-order valence-electron chi connectivity index (χ1n) is 7.87. The minimum Gasteiger partial charge on any atom is -0.462 e. The first-order valence-corrected chi connectivity index (χ1v) is 7.87. The Balaban J connectivity index is 2.41. The second-order valence-corrected chi connectivity index (χ2v) is 6.22. The number of aromatic nitrogens is 1. The topological polar surface area (TPSA) is 42.4 Å². The van der Waals surface area contributed by atoms with E-state index in [1.165, 1.54) is 5.56 Å². The third-order valence-corrected chi connectivity index (χ3v) is 4.00. The molecule has 4 nitrogen and oxygen atoms in total. The zero-order chi connectivity index (χ0) is 15.6. The number of esters is 1. The van der Waals surface area contributed by atoms with Gasteiger partial charge in [0, 0.05) is 31.2 Å². The molecule has 0 fully saturated rings.